The number of urea groups is 1. The molecule has 1 saturated heterocycles. The van der Waals surface area contributed by atoms with Gasteiger partial charge in [-0.3, -0.25) is 10.1 Å². The van der Waals surface area contributed by atoms with Gasteiger partial charge in [-0.05, 0) is 46.5 Å². The molecular weight excluding hydrogens is 336 g/mol. The van der Waals surface area contributed by atoms with Crippen LogP contribution >= 0.6 is 15.9 Å². The minimum absolute atomic E-state index is 0.204. The third-order valence-electron chi connectivity index (χ3n) is 4.13. The molecule has 0 aromatic heterocycles. The number of carbonyl (C=O) groups excluding carboxylic acids is 2. The van der Waals surface area contributed by atoms with Gasteiger partial charge in [-0.25, -0.2) is 4.79 Å². The fourth-order valence-corrected chi connectivity index (χ4v) is 3.35. The first-order valence-electron chi connectivity index (χ1n) is 6.94. The number of carbonyl (C=O) groups is 2. The maximum absolute atomic E-state index is 12.1. The lowest BCUT2D eigenvalue weighted by Gasteiger charge is -2.33. The number of methoxy groups -OCH3 is 1. The van der Waals surface area contributed by atoms with E-state index in [2.05, 4.69) is 21.2 Å². The van der Waals surface area contributed by atoms with Crippen LogP contribution in [0.2, 0.25) is 0 Å². The Morgan fingerprint density at radius 2 is 1.95 bits per heavy atom. The second kappa shape index (κ2) is 6.05. The van der Waals surface area contributed by atoms with Crippen molar-refractivity contribution in [3.05, 3.63) is 28.2 Å². The van der Waals surface area contributed by atoms with E-state index in [0.717, 1.165) is 15.8 Å². The van der Waals surface area contributed by atoms with E-state index in [4.69, 9.17) is 4.74 Å². The summed E-state index contributed by atoms with van der Waals surface area (Å²) in [4.78, 5) is 25.9. The molecule has 1 heterocycles. The Morgan fingerprint density at radius 3 is 2.48 bits per heavy atom. The van der Waals surface area contributed by atoms with Crippen LogP contribution in [0.15, 0.2) is 22.7 Å². The van der Waals surface area contributed by atoms with E-state index >= 15 is 0 Å². The summed E-state index contributed by atoms with van der Waals surface area (Å²) in [5.74, 6) is 0.531. The summed E-state index contributed by atoms with van der Waals surface area (Å²) in [6.45, 7) is 4.25. The summed E-state index contributed by atoms with van der Waals surface area (Å²) in [5, 5.41) is 2.43. The number of rotatable bonds is 5. The van der Waals surface area contributed by atoms with Gasteiger partial charge in [0.05, 0.1) is 11.6 Å². The number of hydrogen-bond acceptors (Lipinski definition) is 3. The minimum Gasteiger partial charge on any atom is -0.496 e. The van der Waals surface area contributed by atoms with Gasteiger partial charge in [0, 0.05) is 6.54 Å². The highest BCUT2D eigenvalue weighted by Gasteiger charge is 2.50. The van der Waals surface area contributed by atoms with Crippen LogP contribution < -0.4 is 10.1 Å². The summed E-state index contributed by atoms with van der Waals surface area (Å²) < 4.78 is 6.02. The zero-order valence-electron chi connectivity index (χ0n) is 12.4. The van der Waals surface area contributed by atoms with E-state index in [-0.39, 0.29) is 11.9 Å². The standard InChI is InChI=1S/C15H19BrN2O3/c1-4-15(5-2)13(19)17-14(20)18(15)9-10-6-7-12(21-3)11(16)8-10/h6-8H,4-5,9H2,1-3H3,(H,17,19,20). The van der Waals surface area contributed by atoms with Gasteiger partial charge in [0.25, 0.3) is 5.91 Å². The first-order valence-corrected chi connectivity index (χ1v) is 7.73. The number of nitrogens with zero attached hydrogens (tertiary/aromatic N) is 1. The molecule has 5 nitrogen and oxygen atoms in total. The number of halogens is 1. The van der Waals surface area contributed by atoms with Crippen molar-refractivity contribution in [2.45, 2.75) is 38.8 Å². The number of benzene rings is 1. The second-order valence-corrected chi connectivity index (χ2v) is 5.91. The zero-order valence-corrected chi connectivity index (χ0v) is 14.0. The second-order valence-electron chi connectivity index (χ2n) is 5.05. The highest BCUT2D eigenvalue weighted by atomic mass is 79.9. The predicted molar refractivity (Wildman–Crippen MR) is 83.1 cm³/mol. The van der Waals surface area contributed by atoms with Crippen molar-refractivity contribution in [1.82, 2.24) is 10.2 Å². The van der Waals surface area contributed by atoms with E-state index in [9.17, 15) is 9.59 Å². The van der Waals surface area contributed by atoms with Crippen LogP contribution in [0.3, 0.4) is 0 Å². The maximum Gasteiger partial charge on any atom is 0.325 e. The van der Waals surface area contributed by atoms with Crippen molar-refractivity contribution in [1.29, 1.82) is 0 Å². The lowest BCUT2D eigenvalue weighted by molar-refractivity contribution is -0.127. The summed E-state index contributed by atoms with van der Waals surface area (Å²) >= 11 is 3.44. The molecular formula is C15H19BrN2O3. The molecule has 0 saturated carbocycles. The van der Waals surface area contributed by atoms with E-state index in [1.165, 1.54) is 0 Å². The Morgan fingerprint density at radius 1 is 1.29 bits per heavy atom. The first kappa shape index (κ1) is 15.8. The molecule has 0 atom stereocenters. The van der Waals surface area contributed by atoms with Crippen molar-refractivity contribution in [3.8, 4) is 5.75 Å². The highest BCUT2D eigenvalue weighted by molar-refractivity contribution is 9.10. The lowest BCUT2D eigenvalue weighted by Crippen LogP contribution is -2.48. The molecule has 6 heteroatoms. The molecule has 1 fully saturated rings. The fraction of sp³-hybridized carbons (Fsp3) is 0.467. The van der Waals surface area contributed by atoms with Crippen molar-refractivity contribution in [3.63, 3.8) is 0 Å². The monoisotopic (exact) mass is 354 g/mol. The van der Waals surface area contributed by atoms with E-state index in [1.807, 2.05) is 32.0 Å². The Balaban J connectivity index is 2.30. The zero-order chi connectivity index (χ0) is 15.6. The van der Waals surface area contributed by atoms with Gasteiger partial charge in [-0.2, -0.15) is 0 Å². The minimum atomic E-state index is -0.747. The quantitative estimate of drug-likeness (QED) is 0.826. The van der Waals surface area contributed by atoms with E-state index in [1.54, 1.807) is 12.0 Å². The normalized spacial score (nSPS) is 17.0. The number of imide groups is 1. The van der Waals surface area contributed by atoms with Crippen LogP contribution in [0, 0.1) is 0 Å². The molecule has 0 bridgehead atoms. The van der Waals surface area contributed by atoms with Gasteiger partial charge in [-0.15, -0.1) is 0 Å². The molecule has 1 aliphatic rings. The predicted octanol–water partition coefficient (Wildman–Crippen LogP) is 3.07. The number of amides is 3. The van der Waals surface area contributed by atoms with Gasteiger partial charge in [0.15, 0.2) is 0 Å². The van der Waals surface area contributed by atoms with E-state index < -0.39 is 5.54 Å². The molecule has 1 aromatic rings. The van der Waals surface area contributed by atoms with Crippen LogP contribution in [0.1, 0.15) is 32.3 Å². The van der Waals surface area contributed by atoms with Gasteiger partial charge in [0.2, 0.25) is 0 Å². The molecule has 0 spiro atoms. The third-order valence-corrected chi connectivity index (χ3v) is 4.75. The molecule has 0 aliphatic carbocycles. The molecule has 3 amide bonds. The van der Waals surface area contributed by atoms with Crippen LogP contribution in [-0.4, -0.2) is 29.5 Å². The smallest absolute Gasteiger partial charge is 0.325 e. The van der Waals surface area contributed by atoms with Gasteiger partial charge >= 0.3 is 6.03 Å². The van der Waals surface area contributed by atoms with Gasteiger partial charge < -0.3 is 9.64 Å². The fourth-order valence-electron chi connectivity index (χ4n) is 2.76. The number of hydrogen-bond donors (Lipinski definition) is 1. The summed E-state index contributed by atoms with van der Waals surface area (Å²) in [6.07, 6.45) is 1.19. The average molecular weight is 355 g/mol. The third kappa shape index (κ3) is 2.64. The maximum atomic E-state index is 12.1. The SMILES string of the molecule is CCC1(CC)C(=O)NC(=O)N1Cc1ccc(OC)c(Br)c1. The highest BCUT2D eigenvalue weighted by Crippen LogP contribution is 2.32. The summed E-state index contributed by atoms with van der Waals surface area (Å²) in [5.41, 5.74) is 0.197. The van der Waals surface area contributed by atoms with Gasteiger partial charge in [-0.1, -0.05) is 19.9 Å². The summed E-state index contributed by atoms with van der Waals surface area (Å²) in [6, 6.07) is 5.32. The Bertz CT molecular complexity index is 570. The first-order chi connectivity index (χ1) is 9.98. The van der Waals surface area contributed by atoms with Crippen molar-refractivity contribution < 1.29 is 14.3 Å². The lowest BCUT2D eigenvalue weighted by atomic mass is 9.91. The topological polar surface area (TPSA) is 58.6 Å². The Hall–Kier alpha value is -1.56. The molecule has 1 N–H and O–H groups in total. The largest absolute Gasteiger partial charge is 0.496 e. The molecule has 0 unspecified atom stereocenters. The molecule has 0 radical (unpaired) electrons. The summed E-state index contributed by atoms with van der Waals surface area (Å²) in [7, 11) is 1.60. The number of nitrogens with one attached hydrogen (secondary N) is 1. The average Bonchev–Trinajstić information content (AvgIpc) is 2.70. The van der Waals surface area contributed by atoms with Crippen LogP contribution in [-0.2, 0) is 11.3 Å². The molecule has 1 aromatic carbocycles. The van der Waals surface area contributed by atoms with E-state index in [0.29, 0.717) is 19.4 Å². The van der Waals surface area contributed by atoms with Crippen molar-refractivity contribution in [2.24, 2.45) is 0 Å². The van der Waals surface area contributed by atoms with Crippen molar-refractivity contribution in [2.75, 3.05) is 7.11 Å². The Kier molecular flexibility index (Phi) is 4.56. The molecule has 114 valence electrons. The molecule has 2 rings (SSSR count). The molecule has 21 heavy (non-hydrogen) atoms. The van der Waals surface area contributed by atoms with Crippen LogP contribution in [0.25, 0.3) is 0 Å². The van der Waals surface area contributed by atoms with Crippen LogP contribution in [0.4, 0.5) is 4.79 Å². The van der Waals surface area contributed by atoms with Crippen LogP contribution in [0.5, 0.6) is 5.75 Å². The van der Waals surface area contributed by atoms with Crippen molar-refractivity contribution >= 4 is 27.9 Å². The van der Waals surface area contributed by atoms with Gasteiger partial charge in [0.1, 0.15) is 11.3 Å². The Labute approximate surface area is 132 Å². The number of ether oxygens (including phenoxy) is 1. The molecule has 1 aliphatic heterocycles.